The van der Waals surface area contributed by atoms with Gasteiger partial charge in [-0.3, -0.25) is 4.99 Å². The molecule has 0 bridgehead atoms. The Hall–Kier alpha value is -2.50. The molecule has 1 aliphatic rings. The van der Waals surface area contributed by atoms with Gasteiger partial charge >= 0.3 is 5.97 Å². The predicted molar refractivity (Wildman–Crippen MR) is 118 cm³/mol. The first-order valence-electron chi connectivity index (χ1n) is 9.15. The van der Waals surface area contributed by atoms with Crippen LogP contribution in [0.15, 0.2) is 64.8 Å². The van der Waals surface area contributed by atoms with Gasteiger partial charge in [0.1, 0.15) is 18.4 Å². The third-order valence-corrected chi connectivity index (χ3v) is 4.64. The van der Waals surface area contributed by atoms with Gasteiger partial charge in [-0.25, -0.2) is 4.79 Å². The van der Waals surface area contributed by atoms with Gasteiger partial charge in [0.05, 0.1) is 18.0 Å². The van der Waals surface area contributed by atoms with Gasteiger partial charge in [-0.1, -0.05) is 41.9 Å². The third kappa shape index (κ3) is 5.52. The summed E-state index contributed by atoms with van der Waals surface area (Å²) in [6.45, 7) is 6.21. The summed E-state index contributed by atoms with van der Waals surface area (Å²) in [7, 11) is 0. The highest BCUT2D eigenvalue weighted by atomic mass is 35.5. The van der Waals surface area contributed by atoms with Gasteiger partial charge in [0.15, 0.2) is 0 Å². The van der Waals surface area contributed by atoms with Crippen LogP contribution in [0.5, 0.6) is 5.75 Å². The number of allylic oxidation sites excluding steroid dienone is 1. The lowest BCUT2D eigenvalue weighted by Crippen LogP contribution is -2.30. The summed E-state index contributed by atoms with van der Waals surface area (Å²) in [6.07, 6.45) is 0. The van der Waals surface area contributed by atoms with Gasteiger partial charge in [-0.2, -0.15) is 0 Å². The lowest BCUT2D eigenvalue weighted by atomic mass is 9.95. The van der Waals surface area contributed by atoms with E-state index in [1.54, 1.807) is 6.92 Å². The van der Waals surface area contributed by atoms with Crippen molar-refractivity contribution in [1.29, 1.82) is 0 Å². The maximum Gasteiger partial charge on any atom is 0.338 e. The van der Waals surface area contributed by atoms with E-state index in [1.807, 2.05) is 62.4 Å². The minimum atomic E-state index is -0.485. The average molecular weight is 435 g/mol. The van der Waals surface area contributed by atoms with E-state index in [9.17, 15) is 4.79 Å². The van der Waals surface area contributed by atoms with Crippen LogP contribution in [0.1, 0.15) is 37.9 Å². The van der Waals surface area contributed by atoms with Crippen molar-refractivity contribution in [3.8, 4) is 5.75 Å². The first-order chi connectivity index (χ1) is 13.5. The molecule has 1 unspecified atom stereocenters. The van der Waals surface area contributed by atoms with Crippen LogP contribution >= 0.6 is 24.0 Å². The molecule has 7 heteroatoms. The maximum absolute atomic E-state index is 12.6. The van der Waals surface area contributed by atoms with E-state index >= 15 is 0 Å². The molecule has 3 rings (SSSR count). The third-order valence-electron chi connectivity index (χ3n) is 4.39. The molecule has 0 radical (unpaired) electrons. The number of carbonyl (C=O) groups excluding carboxylic acids is 1. The SMILES string of the molecule is CCOC(=O)C1=C(C)NC(C)=NC1c1ccccc1OCc1ccc(Cl)cc1.Cl. The Kier molecular flexibility index (Phi) is 8.11. The van der Waals surface area contributed by atoms with E-state index in [1.165, 1.54) is 0 Å². The highest BCUT2D eigenvalue weighted by Gasteiger charge is 2.31. The lowest BCUT2D eigenvalue weighted by molar-refractivity contribution is -0.138. The van der Waals surface area contributed by atoms with Crippen LogP contribution < -0.4 is 10.1 Å². The number of esters is 1. The van der Waals surface area contributed by atoms with E-state index in [-0.39, 0.29) is 18.4 Å². The molecule has 0 amide bonds. The Labute approximate surface area is 182 Å². The fourth-order valence-electron chi connectivity index (χ4n) is 3.11. The minimum absolute atomic E-state index is 0. The molecule has 1 aliphatic heterocycles. The van der Waals surface area contributed by atoms with Crippen molar-refractivity contribution < 1.29 is 14.3 Å². The summed E-state index contributed by atoms with van der Waals surface area (Å²) in [5.41, 5.74) is 3.06. The first kappa shape index (κ1) is 22.8. The zero-order valence-corrected chi connectivity index (χ0v) is 18.1. The number of nitrogens with one attached hydrogen (secondary N) is 1. The predicted octanol–water partition coefficient (Wildman–Crippen LogP) is 5.24. The number of ether oxygens (including phenoxy) is 2. The minimum Gasteiger partial charge on any atom is -0.489 e. The quantitative estimate of drug-likeness (QED) is 0.631. The van der Waals surface area contributed by atoms with Crippen LogP contribution in [-0.4, -0.2) is 18.4 Å². The summed E-state index contributed by atoms with van der Waals surface area (Å²) in [5, 5.41) is 3.81. The van der Waals surface area contributed by atoms with Gasteiger partial charge in [-0.05, 0) is 44.5 Å². The Bertz CT molecular complexity index is 924. The largest absolute Gasteiger partial charge is 0.489 e. The number of rotatable bonds is 6. The van der Waals surface area contributed by atoms with Gasteiger partial charge in [0.2, 0.25) is 0 Å². The number of hydrogen-bond acceptors (Lipinski definition) is 5. The second-order valence-electron chi connectivity index (χ2n) is 6.45. The molecule has 0 saturated heterocycles. The van der Waals surface area contributed by atoms with Crippen LogP contribution in [0, 0.1) is 0 Å². The van der Waals surface area contributed by atoms with E-state index < -0.39 is 6.04 Å². The number of carbonyl (C=O) groups is 1. The van der Waals surface area contributed by atoms with Crippen molar-refractivity contribution in [2.45, 2.75) is 33.4 Å². The second-order valence-corrected chi connectivity index (χ2v) is 6.89. The molecule has 0 fully saturated rings. The summed E-state index contributed by atoms with van der Waals surface area (Å²) in [6, 6.07) is 14.6. The lowest BCUT2D eigenvalue weighted by Gasteiger charge is -2.26. The van der Waals surface area contributed by atoms with Gasteiger partial charge < -0.3 is 14.8 Å². The topological polar surface area (TPSA) is 59.9 Å². The Morgan fingerprint density at radius 1 is 1.14 bits per heavy atom. The fraction of sp³-hybridized carbons (Fsp3) is 0.273. The Morgan fingerprint density at radius 3 is 2.52 bits per heavy atom. The highest BCUT2D eigenvalue weighted by Crippen LogP contribution is 2.36. The smallest absolute Gasteiger partial charge is 0.338 e. The second kappa shape index (κ2) is 10.3. The molecule has 2 aromatic carbocycles. The maximum atomic E-state index is 12.6. The summed E-state index contributed by atoms with van der Waals surface area (Å²) in [5.74, 6) is 1.04. The standard InChI is InChI=1S/C22H23ClN2O3.ClH/c1-4-27-22(26)20-14(2)24-15(3)25-21(20)18-7-5-6-8-19(18)28-13-16-9-11-17(23)12-10-16;/h5-12,21H,4,13H2,1-3H3,(H,24,25);1H. The molecule has 1 heterocycles. The van der Waals surface area contributed by atoms with Crippen LogP contribution in [0.2, 0.25) is 5.02 Å². The molecule has 0 aromatic heterocycles. The number of benzene rings is 2. The zero-order valence-electron chi connectivity index (χ0n) is 16.6. The van der Waals surface area contributed by atoms with Crippen LogP contribution in [0.4, 0.5) is 0 Å². The summed E-state index contributed by atoms with van der Waals surface area (Å²) >= 11 is 5.94. The van der Waals surface area contributed by atoms with E-state index in [4.69, 9.17) is 21.1 Å². The molecule has 0 aliphatic carbocycles. The Morgan fingerprint density at radius 2 is 1.83 bits per heavy atom. The van der Waals surface area contributed by atoms with Crippen LogP contribution in [0.25, 0.3) is 0 Å². The van der Waals surface area contributed by atoms with Crippen LogP contribution in [0.3, 0.4) is 0 Å². The number of hydrogen-bond donors (Lipinski definition) is 1. The van der Waals surface area contributed by atoms with Crippen molar-refractivity contribution in [1.82, 2.24) is 5.32 Å². The highest BCUT2D eigenvalue weighted by molar-refractivity contribution is 6.30. The number of aliphatic imine (C=N–C) groups is 1. The molecule has 29 heavy (non-hydrogen) atoms. The molecule has 154 valence electrons. The van der Waals surface area contributed by atoms with Crippen molar-refractivity contribution in [2.75, 3.05) is 6.61 Å². The molecule has 5 nitrogen and oxygen atoms in total. The average Bonchev–Trinajstić information content (AvgIpc) is 2.67. The van der Waals surface area contributed by atoms with Gasteiger partial charge in [0.25, 0.3) is 0 Å². The van der Waals surface area contributed by atoms with Gasteiger partial charge in [0, 0.05) is 16.3 Å². The monoisotopic (exact) mass is 434 g/mol. The Balaban J connectivity index is 0.00000300. The van der Waals surface area contributed by atoms with Crippen molar-refractivity contribution in [3.05, 3.63) is 76.0 Å². The number of para-hydroxylation sites is 1. The molecule has 0 spiro atoms. The number of halogens is 2. The fourth-order valence-corrected chi connectivity index (χ4v) is 3.24. The molecule has 1 N–H and O–H groups in total. The molecule has 1 atom stereocenters. The number of nitrogens with zero attached hydrogens (tertiary/aromatic N) is 1. The first-order valence-corrected chi connectivity index (χ1v) is 9.53. The molecular weight excluding hydrogens is 411 g/mol. The molecule has 0 saturated carbocycles. The van der Waals surface area contributed by atoms with Crippen LogP contribution in [-0.2, 0) is 16.1 Å². The summed E-state index contributed by atoms with van der Waals surface area (Å²) < 4.78 is 11.3. The normalized spacial score (nSPS) is 15.7. The van der Waals surface area contributed by atoms with E-state index in [0.29, 0.717) is 29.6 Å². The van der Waals surface area contributed by atoms with E-state index in [2.05, 4.69) is 10.3 Å². The molecule has 2 aromatic rings. The van der Waals surface area contributed by atoms with Crippen molar-refractivity contribution in [3.63, 3.8) is 0 Å². The van der Waals surface area contributed by atoms with Gasteiger partial charge in [-0.15, -0.1) is 12.4 Å². The molecular formula is C22H24Cl2N2O3. The zero-order chi connectivity index (χ0) is 20.1. The van der Waals surface area contributed by atoms with E-state index in [0.717, 1.165) is 22.7 Å². The van der Waals surface area contributed by atoms with Crippen molar-refractivity contribution >= 4 is 35.8 Å². The van der Waals surface area contributed by atoms with Crippen molar-refractivity contribution in [2.24, 2.45) is 4.99 Å². The summed E-state index contributed by atoms with van der Waals surface area (Å²) in [4.78, 5) is 17.2. The number of amidine groups is 1.